The minimum absolute atomic E-state index is 0.319. The molecule has 144 valence electrons. The fourth-order valence-corrected chi connectivity index (χ4v) is 3.05. The first-order chi connectivity index (χ1) is 14.2. The number of nitrogens with zero attached hydrogens (tertiary/aromatic N) is 3. The normalized spacial score (nSPS) is 11.4. The maximum absolute atomic E-state index is 12.5. The molecule has 0 atom stereocenters. The highest BCUT2D eigenvalue weighted by molar-refractivity contribution is 6.03. The third kappa shape index (κ3) is 4.16. The van der Waals surface area contributed by atoms with Gasteiger partial charge in [0.25, 0.3) is 0 Å². The van der Waals surface area contributed by atoms with E-state index in [1.807, 2.05) is 53.2 Å². The number of hydrogen-bond donors (Lipinski definition) is 0. The van der Waals surface area contributed by atoms with E-state index in [0.717, 1.165) is 16.3 Å². The Labute approximate surface area is 168 Å². The van der Waals surface area contributed by atoms with Gasteiger partial charge >= 0.3 is 5.97 Å². The molecule has 0 saturated carbocycles. The summed E-state index contributed by atoms with van der Waals surface area (Å²) in [6.45, 7) is 0.414. The number of fused-ring (bicyclic) bond motifs is 1. The van der Waals surface area contributed by atoms with Crippen molar-refractivity contribution in [2.75, 3.05) is 7.11 Å². The van der Waals surface area contributed by atoms with E-state index in [-0.39, 0.29) is 0 Å². The maximum atomic E-state index is 12.5. The van der Waals surface area contributed by atoms with Crippen molar-refractivity contribution in [2.24, 2.45) is 5.16 Å². The quantitative estimate of drug-likeness (QED) is 0.282. The number of hydrogen-bond acceptors (Lipinski definition) is 5. The Morgan fingerprint density at radius 1 is 1.03 bits per heavy atom. The molecule has 4 aromatic rings. The van der Waals surface area contributed by atoms with Gasteiger partial charge in [0, 0.05) is 18.0 Å². The molecule has 0 saturated heterocycles. The fraction of sp³-hybridized carbons (Fsp3) is 0.0870. The van der Waals surface area contributed by atoms with Crippen LogP contribution in [0.3, 0.4) is 0 Å². The van der Waals surface area contributed by atoms with Gasteiger partial charge in [-0.2, -0.15) is 0 Å². The number of oxime groups is 1. The first-order valence-electron chi connectivity index (χ1n) is 9.11. The second-order valence-corrected chi connectivity index (χ2v) is 6.41. The van der Waals surface area contributed by atoms with Crippen LogP contribution in [-0.4, -0.2) is 28.3 Å². The summed E-state index contributed by atoms with van der Waals surface area (Å²) < 4.78 is 7.10. The van der Waals surface area contributed by atoms with Crippen LogP contribution in [0.2, 0.25) is 0 Å². The third-order valence-corrected chi connectivity index (χ3v) is 4.54. The monoisotopic (exact) mass is 385 g/mol. The van der Waals surface area contributed by atoms with Crippen LogP contribution >= 0.6 is 0 Å². The van der Waals surface area contributed by atoms with Gasteiger partial charge in [0.15, 0.2) is 0 Å². The lowest BCUT2D eigenvalue weighted by Crippen LogP contribution is -2.13. The number of ether oxygens (including phenoxy) is 1. The van der Waals surface area contributed by atoms with E-state index in [1.54, 1.807) is 36.8 Å². The van der Waals surface area contributed by atoms with Crippen molar-refractivity contribution in [3.05, 3.63) is 96.6 Å². The molecular weight excluding hydrogens is 366 g/mol. The number of carbonyl (C=O) groups is 1. The molecule has 29 heavy (non-hydrogen) atoms. The van der Waals surface area contributed by atoms with Crippen LogP contribution < -0.4 is 4.74 Å². The van der Waals surface area contributed by atoms with Crippen LogP contribution in [0.5, 0.6) is 5.75 Å². The highest BCUT2D eigenvalue weighted by atomic mass is 16.7. The van der Waals surface area contributed by atoms with Crippen LogP contribution in [0.4, 0.5) is 0 Å². The molecule has 4 rings (SSSR count). The van der Waals surface area contributed by atoms with E-state index in [9.17, 15) is 4.79 Å². The molecule has 0 amide bonds. The molecular formula is C23H19N3O3. The Balaban J connectivity index is 1.66. The maximum Gasteiger partial charge on any atom is 0.369 e. The van der Waals surface area contributed by atoms with Crippen molar-refractivity contribution in [2.45, 2.75) is 6.54 Å². The van der Waals surface area contributed by atoms with E-state index in [1.165, 1.54) is 7.11 Å². The van der Waals surface area contributed by atoms with E-state index in [2.05, 4.69) is 10.1 Å². The molecule has 6 heteroatoms. The van der Waals surface area contributed by atoms with Gasteiger partial charge in [-0.05, 0) is 29.0 Å². The van der Waals surface area contributed by atoms with E-state index < -0.39 is 5.97 Å². The Kier molecular flexibility index (Phi) is 5.33. The molecule has 0 aliphatic rings. The molecule has 0 radical (unpaired) electrons. The summed E-state index contributed by atoms with van der Waals surface area (Å²) in [6.07, 6.45) is 5.22. The summed E-state index contributed by atoms with van der Waals surface area (Å²) in [5, 5.41) is 6.40. The van der Waals surface area contributed by atoms with Gasteiger partial charge in [0.05, 0.1) is 20.0 Å². The van der Waals surface area contributed by atoms with Gasteiger partial charge in [-0.25, -0.2) is 9.78 Å². The van der Waals surface area contributed by atoms with Crippen molar-refractivity contribution in [1.82, 2.24) is 9.55 Å². The lowest BCUT2D eigenvalue weighted by atomic mass is 10.0. The molecule has 0 spiro atoms. The van der Waals surface area contributed by atoms with Crippen molar-refractivity contribution >= 4 is 22.5 Å². The standard InChI is InChI=1S/C23H19N3O3/c1-28-22-9-5-4-8-20(22)23(27)29-25-21(15-26-13-12-24-16-26)19-11-10-17-6-2-3-7-18(17)14-19/h2-14,16H,15H2,1H3/b25-21+. The number of rotatable bonds is 6. The molecule has 0 bridgehead atoms. The minimum Gasteiger partial charge on any atom is -0.496 e. The van der Waals surface area contributed by atoms with Crippen molar-refractivity contribution in [1.29, 1.82) is 0 Å². The summed E-state index contributed by atoms with van der Waals surface area (Å²) in [4.78, 5) is 21.9. The molecule has 0 fully saturated rings. The Morgan fingerprint density at radius 2 is 1.83 bits per heavy atom. The van der Waals surface area contributed by atoms with Crippen LogP contribution in [0, 0.1) is 0 Å². The van der Waals surface area contributed by atoms with Gasteiger partial charge in [-0.15, -0.1) is 0 Å². The molecule has 6 nitrogen and oxygen atoms in total. The first kappa shape index (κ1) is 18.4. The second-order valence-electron chi connectivity index (χ2n) is 6.41. The second kappa shape index (κ2) is 8.39. The number of methoxy groups -OCH3 is 1. The predicted octanol–water partition coefficient (Wildman–Crippen LogP) is 4.31. The van der Waals surface area contributed by atoms with Crippen LogP contribution in [-0.2, 0) is 11.4 Å². The van der Waals surface area contributed by atoms with Crippen LogP contribution in [0.15, 0.2) is 90.6 Å². The average molecular weight is 385 g/mol. The number of benzene rings is 3. The summed E-state index contributed by atoms with van der Waals surface area (Å²) in [7, 11) is 1.51. The molecule has 0 aliphatic carbocycles. The zero-order valence-electron chi connectivity index (χ0n) is 15.9. The average Bonchev–Trinajstić information content (AvgIpc) is 3.29. The number of carbonyl (C=O) groups excluding carboxylic acids is 1. The Hall–Kier alpha value is -3.93. The van der Waals surface area contributed by atoms with Crippen molar-refractivity contribution in [3.63, 3.8) is 0 Å². The van der Waals surface area contributed by atoms with E-state index in [4.69, 9.17) is 9.57 Å². The highest BCUT2D eigenvalue weighted by Gasteiger charge is 2.15. The van der Waals surface area contributed by atoms with Gasteiger partial charge < -0.3 is 14.1 Å². The van der Waals surface area contributed by atoms with Gasteiger partial charge in [-0.3, -0.25) is 0 Å². The molecule has 0 unspecified atom stereocenters. The summed E-state index contributed by atoms with van der Waals surface area (Å²) >= 11 is 0. The molecule has 1 aromatic heterocycles. The summed E-state index contributed by atoms with van der Waals surface area (Å²) in [5.74, 6) is -0.138. The minimum atomic E-state index is -0.577. The zero-order valence-corrected chi connectivity index (χ0v) is 15.9. The van der Waals surface area contributed by atoms with Crippen LogP contribution in [0.25, 0.3) is 10.8 Å². The lowest BCUT2D eigenvalue weighted by Gasteiger charge is -2.10. The van der Waals surface area contributed by atoms with Crippen molar-refractivity contribution < 1.29 is 14.4 Å². The van der Waals surface area contributed by atoms with E-state index >= 15 is 0 Å². The summed E-state index contributed by atoms with van der Waals surface area (Å²) in [6, 6.07) is 21.0. The predicted molar refractivity (Wildman–Crippen MR) is 111 cm³/mol. The zero-order chi connectivity index (χ0) is 20.1. The summed E-state index contributed by atoms with van der Waals surface area (Å²) in [5.41, 5.74) is 1.79. The van der Waals surface area contributed by atoms with Gasteiger partial charge in [0.1, 0.15) is 17.0 Å². The Morgan fingerprint density at radius 3 is 2.62 bits per heavy atom. The highest BCUT2D eigenvalue weighted by Crippen LogP contribution is 2.20. The van der Waals surface area contributed by atoms with Crippen molar-refractivity contribution in [3.8, 4) is 5.75 Å². The fourth-order valence-electron chi connectivity index (χ4n) is 3.05. The van der Waals surface area contributed by atoms with Crippen LogP contribution in [0.1, 0.15) is 15.9 Å². The van der Waals surface area contributed by atoms with Gasteiger partial charge in [0.2, 0.25) is 0 Å². The third-order valence-electron chi connectivity index (χ3n) is 4.54. The number of imidazole rings is 1. The molecule has 0 aliphatic heterocycles. The number of para-hydroxylation sites is 1. The SMILES string of the molecule is COc1ccccc1C(=O)O/N=C(\Cn1ccnc1)c1ccc2ccccc2c1. The molecule has 3 aromatic carbocycles. The molecule has 1 heterocycles. The topological polar surface area (TPSA) is 65.7 Å². The van der Waals surface area contributed by atoms with E-state index in [0.29, 0.717) is 23.6 Å². The van der Waals surface area contributed by atoms with Gasteiger partial charge in [-0.1, -0.05) is 53.7 Å². The molecule has 0 N–H and O–H groups in total. The Bertz CT molecular complexity index is 1170. The first-order valence-corrected chi connectivity index (χ1v) is 9.11. The smallest absolute Gasteiger partial charge is 0.369 e. The largest absolute Gasteiger partial charge is 0.496 e. The lowest BCUT2D eigenvalue weighted by molar-refractivity contribution is 0.0512. The number of aromatic nitrogens is 2.